The topological polar surface area (TPSA) is 83.5 Å². The van der Waals surface area contributed by atoms with Gasteiger partial charge in [-0.2, -0.15) is 0 Å². The van der Waals surface area contributed by atoms with Crippen LogP contribution in [0.5, 0.6) is 0 Å². The van der Waals surface area contributed by atoms with E-state index in [2.05, 4.69) is 4.72 Å². The van der Waals surface area contributed by atoms with Gasteiger partial charge in [0.05, 0.1) is 5.02 Å². The molecular formula is C13H18ClNO4S. The van der Waals surface area contributed by atoms with Crippen LogP contribution in [-0.2, 0) is 14.8 Å². The molecule has 0 heterocycles. The molecule has 7 heteroatoms. The van der Waals surface area contributed by atoms with Crippen molar-refractivity contribution in [3.8, 4) is 0 Å². The molecule has 1 rings (SSSR count). The number of carboxylic acid groups (broad SMARTS) is 1. The van der Waals surface area contributed by atoms with Crippen molar-refractivity contribution in [3.05, 3.63) is 28.8 Å². The molecule has 1 unspecified atom stereocenters. The van der Waals surface area contributed by atoms with Crippen molar-refractivity contribution in [3.63, 3.8) is 0 Å². The van der Waals surface area contributed by atoms with Crippen molar-refractivity contribution in [1.82, 2.24) is 4.72 Å². The number of aliphatic carboxylic acids is 1. The summed E-state index contributed by atoms with van der Waals surface area (Å²) in [6.45, 7) is 3.80. The Hall–Kier alpha value is -1.11. The molecule has 0 spiro atoms. The zero-order valence-corrected chi connectivity index (χ0v) is 13.0. The first-order valence-electron chi connectivity index (χ1n) is 6.20. The van der Waals surface area contributed by atoms with Crippen LogP contribution in [0.2, 0.25) is 5.02 Å². The summed E-state index contributed by atoms with van der Waals surface area (Å²) < 4.78 is 26.6. The van der Waals surface area contributed by atoms with Gasteiger partial charge in [0.15, 0.2) is 0 Å². The highest BCUT2D eigenvalue weighted by Crippen LogP contribution is 2.22. The van der Waals surface area contributed by atoms with Gasteiger partial charge in [-0.15, -0.1) is 0 Å². The molecule has 0 aliphatic heterocycles. The van der Waals surface area contributed by atoms with E-state index in [0.717, 1.165) is 5.56 Å². The average Bonchev–Trinajstić information content (AvgIpc) is 2.33. The molecule has 0 radical (unpaired) electrons. The summed E-state index contributed by atoms with van der Waals surface area (Å²) in [5, 5.41) is 8.75. The van der Waals surface area contributed by atoms with Crippen LogP contribution in [-0.4, -0.2) is 26.0 Å². The van der Waals surface area contributed by atoms with Crippen molar-refractivity contribution in [2.24, 2.45) is 5.92 Å². The van der Waals surface area contributed by atoms with Crippen LogP contribution in [0.15, 0.2) is 23.1 Å². The fourth-order valence-corrected chi connectivity index (χ4v) is 3.39. The Morgan fingerprint density at radius 2 is 2.10 bits per heavy atom. The lowest BCUT2D eigenvalue weighted by Crippen LogP contribution is -2.29. The summed E-state index contributed by atoms with van der Waals surface area (Å²) in [6, 6.07) is 4.72. The van der Waals surface area contributed by atoms with E-state index in [1.807, 2.05) is 6.92 Å². The largest absolute Gasteiger partial charge is 0.481 e. The van der Waals surface area contributed by atoms with Gasteiger partial charge in [0.1, 0.15) is 4.90 Å². The van der Waals surface area contributed by atoms with Crippen LogP contribution >= 0.6 is 11.6 Å². The monoisotopic (exact) mass is 319 g/mol. The number of hydrogen-bond donors (Lipinski definition) is 2. The maximum atomic E-state index is 12.1. The molecular weight excluding hydrogens is 302 g/mol. The summed E-state index contributed by atoms with van der Waals surface area (Å²) in [6.07, 6.45) is 0.438. The minimum absolute atomic E-state index is 0.0220. The number of sulfonamides is 1. The minimum atomic E-state index is -3.67. The molecule has 0 fully saturated rings. The van der Waals surface area contributed by atoms with Crippen molar-refractivity contribution >= 4 is 27.6 Å². The molecule has 2 N–H and O–H groups in total. The highest BCUT2D eigenvalue weighted by molar-refractivity contribution is 7.89. The third-order valence-electron chi connectivity index (χ3n) is 2.85. The zero-order chi connectivity index (χ0) is 15.3. The van der Waals surface area contributed by atoms with Crippen LogP contribution < -0.4 is 4.72 Å². The second-order valence-electron chi connectivity index (χ2n) is 4.82. The smallest absolute Gasteiger partial charge is 0.303 e. The van der Waals surface area contributed by atoms with E-state index in [1.165, 1.54) is 6.07 Å². The summed E-state index contributed by atoms with van der Waals surface area (Å²) >= 11 is 5.94. The highest BCUT2D eigenvalue weighted by atomic mass is 35.5. The van der Waals surface area contributed by atoms with E-state index in [-0.39, 0.29) is 28.8 Å². The Morgan fingerprint density at radius 3 is 2.65 bits per heavy atom. The van der Waals surface area contributed by atoms with E-state index < -0.39 is 16.0 Å². The molecule has 0 aliphatic carbocycles. The maximum Gasteiger partial charge on any atom is 0.303 e. The molecule has 1 aromatic carbocycles. The Morgan fingerprint density at radius 1 is 1.45 bits per heavy atom. The molecule has 112 valence electrons. The van der Waals surface area contributed by atoms with Gasteiger partial charge in [0.25, 0.3) is 0 Å². The predicted molar refractivity (Wildman–Crippen MR) is 77.4 cm³/mol. The lowest BCUT2D eigenvalue weighted by Gasteiger charge is -2.13. The Kier molecular flexibility index (Phi) is 5.98. The van der Waals surface area contributed by atoms with Crippen molar-refractivity contribution in [2.75, 3.05) is 6.54 Å². The van der Waals surface area contributed by atoms with Gasteiger partial charge in [-0.1, -0.05) is 24.6 Å². The number of nitrogens with one attached hydrogen (secondary N) is 1. The van der Waals surface area contributed by atoms with Crippen molar-refractivity contribution in [1.29, 1.82) is 0 Å². The number of aryl methyl sites for hydroxylation is 1. The van der Waals surface area contributed by atoms with Crippen molar-refractivity contribution < 1.29 is 18.3 Å². The highest BCUT2D eigenvalue weighted by Gasteiger charge is 2.18. The van der Waals surface area contributed by atoms with Crippen molar-refractivity contribution in [2.45, 2.75) is 31.6 Å². The van der Waals surface area contributed by atoms with Gasteiger partial charge in [-0.3, -0.25) is 4.79 Å². The Labute approximate surface area is 124 Å². The summed E-state index contributed by atoms with van der Waals surface area (Å²) in [5.74, 6) is -0.952. The minimum Gasteiger partial charge on any atom is -0.481 e. The zero-order valence-electron chi connectivity index (χ0n) is 11.4. The number of carbonyl (C=O) groups is 1. The first kappa shape index (κ1) is 16.9. The quantitative estimate of drug-likeness (QED) is 0.808. The van der Waals surface area contributed by atoms with Crippen LogP contribution in [0.3, 0.4) is 0 Å². The molecule has 5 nitrogen and oxygen atoms in total. The second-order valence-corrected chi connectivity index (χ2v) is 6.97. The molecule has 0 saturated carbocycles. The van der Waals surface area contributed by atoms with Crippen LogP contribution in [0.25, 0.3) is 0 Å². The molecule has 0 amide bonds. The molecule has 0 saturated heterocycles. The van der Waals surface area contributed by atoms with Gasteiger partial charge in [0, 0.05) is 13.0 Å². The fraction of sp³-hybridized carbons (Fsp3) is 0.462. The molecule has 0 aromatic heterocycles. The standard InChI is InChI=1S/C13H18ClNO4S/c1-9-3-5-12(11(14)7-9)20(18,19)15-8-10(2)4-6-13(16)17/h3,5,7,10,15H,4,6,8H2,1-2H3,(H,16,17). The first-order chi connectivity index (χ1) is 9.22. The Balaban J connectivity index is 2.68. The third kappa shape index (κ3) is 5.11. The predicted octanol–water partition coefficient (Wildman–Crippen LogP) is 2.43. The third-order valence-corrected chi connectivity index (χ3v) is 4.76. The summed E-state index contributed by atoms with van der Waals surface area (Å²) in [4.78, 5) is 10.5. The van der Waals surface area contributed by atoms with E-state index in [4.69, 9.17) is 16.7 Å². The van der Waals surface area contributed by atoms with Gasteiger partial charge >= 0.3 is 5.97 Å². The number of hydrogen-bond acceptors (Lipinski definition) is 3. The van der Waals surface area contributed by atoms with Gasteiger partial charge < -0.3 is 5.11 Å². The second kappa shape index (κ2) is 7.06. The molecule has 1 atom stereocenters. The van der Waals surface area contributed by atoms with E-state index in [1.54, 1.807) is 19.1 Å². The lowest BCUT2D eigenvalue weighted by atomic mass is 10.1. The summed E-state index contributed by atoms with van der Waals surface area (Å²) in [7, 11) is -3.67. The molecule has 1 aromatic rings. The number of carboxylic acids is 1. The first-order valence-corrected chi connectivity index (χ1v) is 8.06. The number of rotatable bonds is 7. The van der Waals surface area contributed by atoms with E-state index >= 15 is 0 Å². The van der Waals surface area contributed by atoms with Gasteiger partial charge in [-0.05, 0) is 37.0 Å². The molecule has 20 heavy (non-hydrogen) atoms. The van der Waals surface area contributed by atoms with Crippen LogP contribution in [0.4, 0.5) is 0 Å². The summed E-state index contributed by atoms with van der Waals surface area (Å²) in [5.41, 5.74) is 0.878. The fourth-order valence-electron chi connectivity index (χ4n) is 1.63. The Bertz CT molecular complexity index is 586. The van der Waals surface area contributed by atoms with Crippen LogP contribution in [0, 0.1) is 12.8 Å². The van der Waals surface area contributed by atoms with Gasteiger partial charge in [-0.25, -0.2) is 13.1 Å². The van der Waals surface area contributed by atoms with Crippen LogP contribution in [0.1, 0.15) is 25.3 Å². The SMILES string of the molecule is Cc1ccc(S(=O)(=O)NCC(C)CCC(=O)O)c(Cl)c1. The van der Waals surface area contributed by atoms with E-state index in [9.17, 15) is 13.2 Å². The van der Waals surface area contributed by atoms with Gasteiger partial charge in [0.2, 0.25) is 10.0 Å². The number of benzene rings is 1. The van der Waals surface area contributed by atoms with E-state index in [0.29, 0.717) is 6.42 Å². The molecule has 0 bridgehead atoms. The molecule has 0 aliphatic rings. The maximum absolute atomic E-state index is 12.1. The average molecular weight is 320 g/mol. The lowest BCUT2D eigenvalue weighted by molar-refractivity contribution is -0.137. The normalized spacial score (nSPS) is 13.2. The number of halogens is 1.